The van der Waals surface area contributed by atoms with Crippen molar-refractivity contribution < 1.29 is 23.4 Å². The number of halogens is 3. The maximum absolute atomic E-state index is 12.7. The number of benzene rings is 1. The number of aryl methyl sites for hydroxylation is 1. The second kappa shape index (κ2) is 5.69. The van der Waals surface area contributed by atoms with E-state index in [1.807, 2.05) is 0 Å². The van der Waals surface area contributed by atoms with Gasteiger partial charge in [-0.1, -0.05) is 12.1 Å². The third-order valence-electron chi connectivity index (χ3n) is 2.69. The first kappa shape index (κ1) is 14.9. The minimum atomic E-state index is -4.46. The van der Waals surface area contributed by atoms with Crippen LogP contribution in [0.2, 0.25) is 0 Å². The Morgan fingerprint density at radius 3 is 2.39 bits per heavy atom. The standard InChI is InChI=1S/C12H16F3NO2/c1-7-3-4-8(5-9(7)12(13,14)15)11(18)10(17)6-16-2/h3-5,10-11,16-18H,6H2,1-2H3. The molecule has 0 aromatic heterocycles. The highest BCUT2D eigenvalue weighted by Crippen LogP contribution is 2.33. The van der Waals surface area contributed by atoms with Crippen molar-refractivity contribution in [3.63, 3.8) is 0 Å². The fourth-order valence-corrected chi connectivity index (χ4v) is 1.67. The lowest BCUT2D eigenvalue weighted by molar-refractivity contribution is -0.138. The number of aliphatic hydroxyl groups excluding tert-OH is 2. The van der Waals surface area contributed by atoms with E-state index in [1.54, 1.807) is 7.05 Å². The molecule has 3 N–H and O–H groups in total. The Kier molecular flexibility index (Phi) is 4.72. The zero-order chi connectivity index (χ0) is 13.9. The molecule has 0 spiro atoms. The van der Waals surface area contributed by atoms with Gasteiger partial charge in [-0.2, -0.15) is 13.2 Å². The quantitative estimate of drug-likeness (QED) is 0.774. The van der Waals surface area contributed by atoms with Crippen LogP contribution in [-0.4, -0.2) is 29.9 Å². The molecule has 0 fully saturated rings. The highest BCUT2D eigenvalue weighted by molar-refractivity contribution is 5.34. The molecule has 0 radical (unpaired) electrons. The molecule has 0 aliphatic carbocycles. The lowest BCUT2D eigenvalue weighted by atomic mass is 9.98. The van der Waals surface area contributed by atoms with Crippen LogP contribution in [-0.2, 0) is 6.18 Å². The van der Waals surface area contributed by atoms with Crippen LogP contribution in [0.3, 0.4) is 0 Å². The fourth-order valence-electron chi connectivity index (χ4n) is 1.67. The van der Waals surface area contributed by atoms with Crippen molar-refractivity contribution in [3.8, 4) is 0 Å². The molecule has 3 nitrogen and oxygen atoms in total. The highest BCUT2D eigenvalue weighted by atomic mass is 19.4. The van der Waals surface area contributed by atoms with Crippen LogP contribution in [0.25, 0.3) is 0 Å². The molecule has 1 aromatic carbocycles. The monoisotopic (exact) mass is 263 g/mol. The first-order chi connectivity index (χ1) is 8.27. The number of rotatable bonds is 4. The van der Waals surface area contributed by atoms with Crippen LogP contribution >= 0.6 is 0 Å². The topological polar surface area (TPSA) is 52.5 Å². The molecule has 0 aliphatic rings. The Morgan fingerprint density at radius 2 is 1.89 bits per heavy atom. The van der Waals surface area contributed by atoms with Crippen LogP contribution in [0.4, 0.5) is 13.2 Å². The molecule has 0 heterocycles. The minimum Gasteiger partial charge on any atom is -0.389 e. The summed E-state index contributed by atoms with van der Waals surface area (Å²) in [6.07, 6.45) is -6.97. The molecular formula is C12H16F3NO2. The van der Waals surface area contributed by atoms with E-state index in [0.29, 0.717) is 0 Å². The molecule has 1 rings (SSSR count). The molecule has 102 valence electrons. The van der Waals surface area contributed by atoms with E-state index >= 15 is 0 Å². The summed E-state index contributed by atoms with van der Waals surface area (Å²) in [6.45, 7) is 1.44. The smallest absolute Gasteiger partial charge is 0.389 e. The molecule has 0 amide bonds. The van der Waals surface area contributed by atoms with Crippen LogP contribution in [0.5, 0.6) is 0 Å². The summed E-state index contributed by atoms with van der Waals surface area (Å²) in [5.41, 5.74) is -0.659. The van der Waals surface area contributed by atoms with Gasteiger partial charge in [-0.3, -0.25) is 0 Å². The zero-order valence-electron chi connectivity index (χ0n) is 10.1. The van der Waals surface area contributed by atoms with Crippen LogP contribution < -0.4 is 5.32 Å². The lowest BCUT2D eigenvalue weighted by Gasteiger charge is -2.19. The Balaban J connectivity index is 3.05. The first-order valence-corrected chi connectivity index (χ1v) is 5.46. The molecule has 6 heteroatoms. The van der Waals surface area contributed by atoms with Gasteiger partial charge in [0.1, 0.15) is 6.10 Å². The molecule has 0 saturated heterocycles. The molecule has 2 unspecified atom stereocenters. The maximum Gasteiger partial charge on any atom is 0.416 e. The largest absolute Gasteiger partial charge is 0.416 e. The van der Waals surface area contributed by atoms with E-state index < -0.39 is 23.9 Å². The average molecular weight is 263 g/mol. The van der Waals surface area contributed by atoms with Gasteiger partial charge in [0.05, 0.1) is 11.7 Å². The number of likely N-dealkylation sites (N-methyl/N-ethyl adjacent to an activating group) is 1. The van der Waals surface area contributed by atoms with Gasteiger partial charge in [-0.15, -0.1) is 0 Å². The molecule has 1 aromatic rings. The van der Waals surface area contributed by atoms with E-state index in [4.69, 9.17) is 0 Å². The Hall–Kier alpha value is -1.11. The van der Waals surface area contributed by atoms with Crippen molar-refractivity contribution in [2.45, 2.75) is 25.3 Å². The average Bonchev–Trinajstić information content (AvgIpc) is 2.27. The Bertz CT molecular complexity index is 407. The van der Waals surface area contributed by atoms with Crippen molar-refractivity contribution in [1.29, 1.82) is 0 Å². The Morgan fingerprint density at radius 1 is 1.28 bits per heavy atom. The summed E-state index contributed by atoms with van der Waals surface area (Å²) < 4.78 is 38.1. The van der Waals surface area contributed by atoms with Gasteiger partial charge in [-0.05, 0) is 31.2 Å². The van der Waals surface area contributed by atoms with Gasteiger partial charge in [0.25, 0.3) is 0 Å². The van der Waals surface area contributed by atoms with Crippen molar-refractivity contribution in [3.05, 3.63) is 34.9 Å². The lowest BCUT2D eigenvalue weighted by Crippen LogP contribution is -2.29. The summed E-state index contributed by atoms with van der Waals surface area (Å²) in [6, 6.07) is 3.54. The summed E-state index contributed by atoms with van der Waals surface area (Å²) >= 11 is 0. The molecule has 0 bridgehead atoms. The minimum absolute atomic E-state index is 0.0516. The maximum atomic E-state index is 12.7. The van der Waals surface area contributed by atoms with Crippen LogP contribution in [0.1, 0.15) is 22.8 Å². The third kappa shape index (κ3) is 3.44. The van der Waals surface area contributed by atoms with Gasteiger partial charge in [0, 0.05) is 6.54 Å². The predicted molar refractivity (Wildman–Crippen MR) is 61.1 cm³/mol. The molecule has 2 atom stereocenters. The number of hydrogen-bond donors (Lipinski definition) is 3. The molecular weight excluding hydrogens is 247 g/mol. The van der Waals surface area contributed by atoms with E-state index in [-0.39, 0.29) is 17.7 Å². The third-order valence-corrected chi connectivity index (χ3v) is 2.69. The van der Waals surface area contributed by atoms with Crippen molar-refractivity contribution in [2.24, 2.45) is 0 Å². The fraction of sp³-hybridized carbons (Fsp3) is 0.500. The predicted octanol–water partition coefficient (Wildman–Crippen LogP) is 1.63. The number of aliphatic hydroxyl groups is 2. The zero-order valence-corrected chi connectivity index (χ0v) is 10.1. The van der Waals surface area contributed by atoms with Crippen molar-refractivity contribution in [1.82, 2.24) is 5.32 Å². The van der Waals surface area contributed by atoms with Crippen molar-refractivity contribution in [2.75, 3.05) is 13.6 Å². The van der Waals surface area contributed by atoms with E-state index in [1.165, 1.54) is 19.1 Å². The van der Waals surface area contributed by atoms with E-state index in [9.17, 15) is 23.4 Å². The van der Waals surface area contributed by atoms with Gasteiger partial charge in [0.2, 0.25) is 0 Å². The van der Waals surface area contributed by atoms with Crippen molar-refractivity contribution >= 4 is 0 Å². The second-order valence-electron chi connectivity index (χ2n) is 4.14. The summed E-state index contributed by atoms with van der Waals surface area (Å²) in [7, 11) is 1.58. The van der Waals surface area contributed by atoms with E-state index in [2.05, 4.69) is 5.32 Å². The molecule has 0 saturated carbocycles. The number of nitrogens with one attached hydrogen (secondary N) is 1. The van der Waals surface area contributed by atoms with Gasteiger partial charge >= 0.3 is 6.18 Å². The number of hydrogen-bond acceptors (Lipinski definition) is 3. The van der Waals surface area contributed by atoms with Crippen LogP contribution in [0.15, 0.2) is 18.2 Å². The van der Waals surface area contributed by atoms with E-state index in [0.717, 1.165) is 6.07 Å². The highest BCUT2D eigenvalue weighted by Gasteiger charge is 2.33. The normalized spacial score (nSPS) is 15.5. The first-order valence-electron chi connectivity index (χ1n) is 5.46. The summed E-state index contributed by atoms with van der Waals surface area (Å²) in [5.74, 6) is 0. The SMILES string of the molecule is CNCC(O)C(O)c1ccc(C)c(C(F)(F)F)c1. The molecule has 18 heavy (non-hydrogen) atoms. The van der Waals surface area contributed by atoms with Gasteiger partial charge < -0.3 is 15.5 Å². The Labute approximate surface area is 103 Å². The summed E-state index contributed by atoms with van der Waals surface area (Å²) in [5, 5.41) is 21.9. The van der Waals surface area contributed by atoms with Crippen LogP contribution in [0, 0.1) is 6.92 Å². The second-order valence-corrected chi connectivity index (χ2v) is 4.14. The molecule has 0 aliphatic heterocycles. The van der Waals surface area contributed by atoms with Gasteiger partial charge in [0.15, 0.2) is 0 Å². The number of alkyl halides is 3. The summed E-state index contributed by atoms with van der Waals surface area (Å²) in [4.78, 5) is 0. The van der Waals surface area contributed by atoms with Gasteiger partial charge in [-0.25, -0.2) is 0 Å².